The standard InChI is InChI=1S/C14H16O5/c1-14-6-7-17-12(14)11(8-18-14)19-13(16)9-2-4-10(15)5-3-9/h2-5,11-12,15H,6-8H2,1H3/t11-,12-,14-/m1/s1. The Balaban J connectivity index is 1.69. The van der Waals surface area contributed by atoms with E-state index in [1.54, 1.807) is 0 Å². The lowest BCUT2D eigenvalue weighted by Crippen LogP contribution is -2.38. The van der Waals surface area contributed by atoms with Gasteiger partial charge in [-0.25, -0.2) is 4.79 Å². The van der Waals surface area contributed by atoms with E-state index < -0.39 is 5.97 Å². The predicted octanol–water partition coefficient (Wildman–Crippen LogP) is 1.50. The first-order valence-corrected chi connectivity index (χ1v) is 6.34. The van der Waals surface area contributed by atoms with Crippen molar-refractivity contribution >= 4 is 5.97 Å². The van der Waals surface area contributed by atoms with E-state index >= 15 is 0 Å². The lowest BCUT2D eigenvalue weighted by Gasteiger charge is -2.22. The number of esters is 1. The Kier molecular flexibility index (Phi) is 2.95. The SMILES string of the molecule is C[C@@]12CCO[C@@H]1[C@H](OC(=O)c1ccc(O)cc1)CO2. The fraction of sp³-hybridized carbons (Fsp3) is 0.500. The van der Waals surface area contributed by atoms with Crippen molar-refractivity contribution in [1.29, 1.82) is 0 Å². The van der Waals surface area contributed by atoms with Gasteiger partial charge in [0.25, 0.3) is 0 Å². The second kappa shape index (κ2) is 4.51. The minimum atomic E-state index is -0.423. The van der Waals surface area contributed by atoms with Crippen molar-refractivity contribution in [2.24, 2.45) is 0 Å². The molecule has 2 aliphatic rings. The summed E-state index contributed by atoms with van der Waals surface area (Å²) in [6.07, 6.45) is 0.271. The molecule has 19 heavy (non-hydrogen) atoms. The van der Waals surface area contributed by atoms with Crippen LogP contribution in [0.15, 0.2) is 24.3 Å². The van der Waals surface area contributed by atoms with Crippen LogP contribution in [0.25, 0.3) is 0 Å². The number of phenolic OH excluding ortho intramolecular Hbond substituents is 1. The molecule has 2 saturated heterocycles. The molecule has 2 aliphatic heterocycles. The van der Waals surface area contributed by atoms with Gasteiger partial charge in [-0.2, -0.15) is 0 Å². The molecule has 5 nitrogen and oxygen atoms in total. The first kappa shape index (κ1) is 12.4. The van der Waals surface area contributed by atoms with Crippen LogP contribution in [0.4, 0.5) is 0 Å². The summed E-state index contributed by atoms with van der Waals surface area (Å²) >= 11 is 0. The van der Waals surface area contributed by atoms with Crippen molar-refractivity contribution < 1.29 is 24.1 Å². The van der Waals surface area contributed by atoms with Crippen LogP contribution in [-0.2, 0) is 14.2 Å². The molecule has 0 saturated carbocycles. The van der Waals surface area contributed by atoms with E-state index in [0.717, 1.165) is 6.42 Å². The third-order valence-corrected chi connectivity index (χ3v) is 3.77. The second-order valence-corrected chi connectivity index (χ2v) is 5.16. The van der Waals surface area contributed by atoms with Crippen molar-refractivity contribution in [2.45, 2.75) is 31.2 Å². The summed E-state index contributed by atoms with van der Waals surface area (Å²) in [5.41, 5.74) is 0.0734. The quantitative estimate of drug-likeness (QED) is 0.820. The molecule has 0 aliphatic carbocycles. The molecule has 0 aromatic heterocycles. The molecule has 1 aromatic rings. The van der Waals surface area contributed by atoms with Gasteiger partial charge in [-0.3, -0.25) is 0 Å². The first-order valence-electron chi connectivity index (χ1n) is 6.34. The topological polar surface area (TPSA) is 65.0 Å². The summed E-state index contributed by atoms with van der Waals surface area (Å²) in [5.74, 6) is -0.305. The molecule has 1 N–H and O–H groups in total. The van der Waals surface area contributed by atoms with Gasteiger partial charge < -0.3 is 19.3 Å². The molecule has 0 unspecified atom stereocenters. The fourth-order valence-corrected chi connectivity index (χ4v) is 2.62. The molecule has 1 aromatic carbocycles. The highest BCUT2D eigenvalue weighted by molar-refractivity contribution is 5.89. The Morgan fingerprint density at radius 2 is 2.16 bits per heavy atom. The molecule has 3 atom stereocenters. The number of carbonyl (C=O) groups excluding carboxylic acids is 1. The van der Waals surface area contributed by atoms with Crippen molar-refractivity contribution in [2.75, 3.05) is 13.2 Å². The van der Waals surface area contributed by atoms with E-state index in [4.69, 9.17) is 14.2 Å². The first-order chi connectivity index (χ1) is 9.08. The number of hydrogen-bond donors (Lipinski definition) is 1. The summed E-state index contributed by atoms with van der Waals surface area (Å²) in [5, 5.41) is 9.19. The highest BCUT2D eigenvalue weighted by atomic mass is 16.6. The third-order valence-electron chi connectivity index (χ3n) is 3.77. The fourth-order valence-electron chi connectivity index (χ4n) is 2.62. The van der Waals surface area contributed by atoms with Crippen LogP contribution in [0.1, 0.15) is 23.7 Å². The van der Waals surface area contributed by atoms with Crippen LogP contribution >= 0.6 is 0 Å². The predicted molar refractivity (Wildman–Crippen MR) is 66.0 cm³/mol. The highest BCUT2D eigenvalue weighted by Gasteiger charge is 2.52. The van der Waals surface area contributed by atoms with Crippen LogP contribution in [0.3, 0.4) is 0 Å². The minimum absolute atomic E-state index is 0.118. The molecule has 0 radical (unpaired) electrons. The number of fused-ring (bicyclic) bond motifs is 1. The Morgan fingerprint density at radius 1 is 1.42 bits per heavy atom. The summed E-state index contributed by atoms with van der Waals surface area (Å²) in [4.78, 5) is 12.0. The molecule has 0 spiro atoms. The van der Waals surface area contributed by atoms with E-state index in [1.165, 1.54) is 24.3 Å². The normalized spacial score (nSPS) is 33.1. The van der Waals surface area contributed by atoms with Crippen molar-refractivity contribution in [3.8, 4) is 5.75 Å². The molecule has 3 rings (SSSR count). The lowest BCUT2D eigenvalue weighted by molar-refractivity contribution is -0.0253. The van der Waals surface area contributed by atoms with Crippen LogP contribution in [0.5, 0.6) is 5.75 Å². The maximum atomic E-state index is 12.0. The average molecular weight is 264 g/mol. The largest absolute Gasteiger partial charge is 0.508 e. The van der Waals surface area contributed by atoms with Crippen LogP contribution in [0, 0.1) is 0 Å². The second-order valence-electron chi connectivity index (χ2n) is 5.16. The zero-order valence-corrected chi connectivity index (χ0v) is 10.7. The zero-order chi connectivity index (χ0) is 13.5. The number of rotatable bonds is 2. The van der Waals surface area contributed by atoms with Crippen molar-refractivity contribution in [3.05, 3.63) is 29.8 Å². The van der Waals surface area contributed by atoms with Gasteiger partial charge in [0.05, 0.1) is 24.4 Å². The molecule has 2 heterocycles. The molecule has 102 valence electrons. The van der Waals surface area contributed by atoms with Crippen LogP contribution in [0.2, 0.25) is 0 Å². The summed E-state index contributed by atoms with van der Waals surface area (Å²) in [6.45, 7) is 2.98. The van der Waals surface area contributed by atoms with E-state index in [1.807, 2.05) is 6.92 Å². The maximum Gasteiger partial charge on any atom is 0.338 e. The van der Waals surface area contributed by atoms with E-state index in [9.17, 15) is 9.90 Å². The number of aromatic hydroxyl groups is 1. The summed E-state index contributed by atoms with van der Waals surface area (Å²) in [7, 11) is 0. The lowest BCUT2D eigenvalue weighted by atomic mass is 9.97. The highest BCUT2D eigenvalue weighted by Crippen LogP contribution is 2.38. The van der Waals surface area contributed by atoms with E-state index in [0.29, 0.717) is 18.8 Å². The Labute approximate surface area is 111 Å². The number of hydrogen-bond acceptors (Lipinski definition) is 5. The average Bonchev–Trinajstić information content (AvgIpc) is 2.89. The van der Waals surface area contributed by atoms with Gasteiger partial charge >= 0.3 is 5.97 Å². The van der Waals surface area contributed by atoms with Crippen LogP contribution < -0.4 is 0 Å². The molecular formula is C14H16O5. The van der Waals surface area contributed by atoms with Crippen molar-refractivity contribution in [1.82, 2.24) is 0 Å². The van der Waals surface area contributed by atoms with Crippen molar-refractivity contribution in [3.63, 3.8) is 0 Å². The Morgan fingerprint density at radius 3 is 2.89 bits per heavy atom. The smallest absolute Gasteiger partial charge is 0.338 e. The molecule has 0 bridgehead atoms. The van der Waals surface area contributed by atoms with Crippen LogP contribution in [-0.4, -0.2) is 42.1 Å². The van der Waals surface area contributed by atoms with Gasteiger partial charge in [-0.05, 0) is 31.2 Å². The van der Waals surface area contributed by atoms with Gasteiger partial charge in [-0.1, -0.05) is 0 Å². The number of phenols is 1. The monoisotopic (exact) mass is 264 g/mol. The molecule has 5 heteroatoms. The number of ether oxygens (including phenoxy) is 3. The Hall–Kier alpha value is -1.59. The third kappa shape index (κ3) is 2.19. The van der Waals surface area contributed by atoms with Gasteiger partial charge in [0.2, 0.25) is 0 Å². The number of benzene rings is 1. The van der Waals surface area contributed by atoms with Gasteiger partial charge in [-0.15, -0.1) is 0 Å². The maximum absolute atomic E-state index is 12.0. The van der Waals surface area contributed by atoms with E-state index in [-0.39, 0.29) is 23.6 Å². The minimum Gasteiger partial charge on any atom is -0.508 e. The Bertz CT molecular complexity index is 483. The number of carbonyl (C=O) groups is 1. The molecule has 0 amide bonds. The molecule has 2 fully saturated rings. The summed E-state index contributed by atoms with van der Waals surface area (Å²) in [6, 6.07) is 5.97. The van der Waals surface area contributed by atoms with E-state index in [2.05, 4.69) is 0 Å². The summed E-state index contributed by atoms with van der Waals surface area (Å²) < 4.78 is 16.7. The van der Waals surface area contributed by atoms with Gasteiger partial charge in [0.15, 0.2) is 6.10 Å². The molecular weight excluding hydrogens is 248 g/mol. The zero-order valence-electron chi connectivity index (χ0n) is 10.7. The van der Waals surface area contributed by atoms with Gasteiger partial charge in [0, 0.05) is 6.42 Å². The van der Waals surface area contributed by atoms with Gasteiger partial charge in [0.1, 0.15) is 11.9 Å².